The van der Waals surface area contributed by atoms with Crippen LogP contribution in [0.5, 0.6) is 0 Å². The molecule has 1 unspecified atom stereocenters. The van der Waals surface area contributed by atoms with E-state index in [4.69, 9.17) is 0 Å². The number of likely N-dealkylation sites (tertiary alicyclic amines) is 1. The Morgan fingerprint density at radius 2 is 1.84 bits per heavy atom. The van der Waals surface area contributed by atoms with E-state index in [-0.39, 0.29) is 0 Å². The van der Waals surface area contributed by atoms with Crippen molar-refractivity contribution in [3.8, 4) is 0 Å². The Hall–Kier alpha value is -1.81. The molecule has 19 heavy (non-hydrogen) atoms. The third-order valence-corrected chi connectivity index (χ3v) is 3.72. The van der Waals surface area contributed by atoms with Gasteiger partial charge in [-0.15, -0.1) is 0 Å². The zero-order valence-electron chi connectivity index (χ0n) is 10.9. The summed E-state index contributed by atoms with van der Waals surface area (Å²) in [6, 6.07) is 4.85. The predicted octanol–water partition coefficient (Wildman–Crippen LogP) is 2.08. The number of rotatable bonds is 4. The van der Waals surface area contributed by atoms with E-state index in [0.717, 1.165) is 13.0 Å². The predicted molar refractivity (Wildman–Crippen MR) is 73.4 cm³/mol. The molecular formula is C15H18N4. The van der Waals surface area contributed by atoms with E-state index in [0.29, 0.717) is 6.04 Å². The summed E-state index contributed by atoms with van der Waals surface area (Å²) in [6.45, 7) is 2.13. The highest BCUT2D eigenvalue weighted by molar-refractivity contribution is 5.12. The minimum atomic E-state index is 0.627. The monoisotopic (exact) mass is 254 g/mol. The molecule has 1 aliphatic rings. The molecule has 0 radical (unpaired) electrons. The standard InChI is InChI=1S/C15H18N4/c1-2-15(8-13-3-5-16-6-4-13)19(7-1)11-14-9-17-12-18-10-14/h3-6,9-10,12,15H,1-2,7-8,11H2. The normalized spacial score (nSPS) is 19.7. The van der Waals surface area contributed by atoms with E-state index in [2.05, 4.69) is 32.0 Å². The van der Waals surface area contributed by atoms with Crippen LogP contribution in [0.4, 0.5) is 0 Å². The van der Waals surface area contributed by atoms with Crippen molar-refractivity contribution in [3.05, 3.63) is 54.4 Å². The molecule has 3 rings (SSSR count). The molecule has 1 fully saturated rings. The molecular weight excluding hydrogens is 236 g/mol. The van der Waals surface area contributed by atoms with E-state index in [1.54, 1.807) is 6.33 Å². The first kappa shape index (κ1) is 12.2. The van der Waals surface area contributed by atoms with Crippen LogP contribution in [-0.2, 0) is 13.0 Å². The van der Waals surface area contributed by atoms with Crippen LogP contribution >= 0.6 is 0 Å². The first-order valence-electron chi connectivity index (χ1n) is 6.78. The Morgan fingerprint density at radius 3 is 2.63 bits per heavy atom. The van der Waals surface area contributed by atoms with Gasteiger partial charge in [-0.3, -0.25) is 9.88 Å². The van der Waals surface area contributed by atoms with Crippen molar-refractivity contribution < 1.29 is 0 Å². The van der Waals surface area contributed by atoms with Gasteiger partial charge >= 0.3 is 0 Å². The highest BCUT2D eigenvalue weighted by Crippen LogP contribution is 2.22. The lowest BCUT2D eigenvalue weighted by Crippen LogP contribution is -2.30. The average molecular weight is 254 g/mol. The van der Waals surface area contributed by atoms with Gasteiger partial charge in [0.2, 0.25) is 0 Å². The Bertz CT molecular complexity index is 453. The molecule has 4 heteroatoms. The van der Waals surface area contributed by atoms with E-state index in [1.165, 1.54) is 30.5 Å². The third-order valence-electron chi connectivity index (χ3n) is 3.72. The van der Waals surface area contributed by atoms with Crippen molar-refractivity contribution in [1.29, 1.82) is 0 Å². The summed E-state index contributed by atoms with van der Waals surface area (Å²) >= 11 is 0. The Kier molecular flexibility index (Phi) is 3.79. The summed E-state index contributed by atoms with van der Waals surface area (Å²) in [5, 5.41) is 0. The summed E-state index contributed by atoms with van der Waals surface area (Å²) in [5.74, 6) is 0. The van der Waals surface area contributed by atoms with Crippen molar-refractivity contribution >= 4 is 0 Å². The highest BCUT2D eigenvalue weighted by Gasteiger charge is 2.24. The first-order valence-corrected chi connectivity index (χ1v) is 6.78. The molecule has 2 aromatic rings. The fraction of sp³-hybridized carbons (Fsp3) is 0.400. The topological polar surface area (TPSA) is 41.9 Å². The largest absolute Gasteiger partial charge is 0.296 e. The van der Waals surface area contributed by atoms with Gasteiger partial charge in [0.05, 0.1) is 0 Å². The highest BCUT2D eigenvalue weighted by atomic mass is 15.2. The molecule has 4 nitrogen and oxygen atoms in total. The van der Waals surface area contributed by atoms with E-state index in [9.17, 15) is 0 Å². The van der Waals surface area contributed by atoms with Gasteiger partial charge in [0.15, 0.2) is 0 Å². The molecule has 0 aromatic carbocycles. The minimum absolute atomic E-state index is 0.627. The fourth-order valence-corrected chi connectivity index (χ4v) is 2.77. The lowest BCUT2D eigenvalue weighted by atomic mass is 10.1. The average Bonchev–Trinajstić information content (AvgIpc) is 2.88. The molecule has 0 saturated carbocycles. The van der Waals surface area contributed by atoms with Crippen LogP contribution in [0.2, 0.25) is 0 Å². The van der Waals surface area contributed by atoms with Gasteiger partial charge < -0.3 is 0 Å². The molecule has 0 amide bonds. The van der Waals surface area contributed by atoms with Crippen molar-refractivity contribution in [1.82, 2.24) is 19.9 Å². The van der Waals surface area contributed by atoms with Crippen molar-refractivity contribution in [2.45, 2.75) is 31.8 Å². The van der Waals surface area contributed by atoms with Crippen LogP contribution < -0.4 is 0 Å². The van der Waals surface area contributed by atoms with Crippen molar-refractivity contribution in [2.75, 3.05) is 6.54 Å². The first-order chi connectivity index (χ1) is 9.42. The van der Waals surface area contributed by atoms with Crippen LogP contribution in [-0.4, -0.2) is 32.4 Å². The van der Waals surface area contributed by atoms with Gasteiger partial charge in [0.25, 0.3) is 0 Å². The molecule has 1 saturated heterocycles. The van der Waals surface area contributed by atoms with Crippen LogP contribution in [0.15, 0.2) is 43.2 Å². The van der Waals surface area contributed by atoms with Crippen LogP contribution in [0.3, 0.4) is 0 Å². The smallest absolute Gasteiger partial charge is 0.115 e. The molecule has 1 aliphatic heterocycles. The number of aromatic nitrogens is 3. The molecule has 0 bridgehead atoms. The van der Waals surface area contributed by atoms with Gasteiger partial charge in [0.1, 0.15) is 6.33 Å². The zero-order valence-corrected chi connectivity index (χ0v) is 10.9. The Balaban J connectivity index is 1.65. The van der Waals surface area contributed by atoms with E-state index >= 15 is 0 Å². The second-order valence-electron chi connectivity index (χ2n) is 5.07. The lowest BCUT2D eigenvalue weighted by Gasteiger charge is -2.24. The van der Waals surface area contributed by atoms with E-state index in [1.807, 2.05) is 24.8 Å². The summed E-state index contributed by atoms with van der Waals surface area (Å²) in [6.07, 6.45) is 12.8. The van der Waals surface area contributed by atoms with Gasteiger partial charge in [-0.1, -0.05) is 0 Å². The Labute approximate surface area is 113 Å². The molecule has 0 aliphatic carbocycles. The molecule has 3 heterocycles. The van der Waals surface area contributed by atoms with Gasteiger partial charge in [-0.2, -0.15) is 0 Å². The summed E-state index contributed by atoms with van der Waals surface area (Å²) in [5.41, 5.74) is 2.57. The molecule has 98 valence electrons. The summed E-state index contributed by atoms with van der Waals surface area (Å²) in [4.78, 5) is 14.8. The minimum Gasteiger partial charge on any atom is -0.296 e. The molecule has 0 N–H and O–H groups in total. The van der Waals surface area contributed by atoms with Gasteiger partial charge in [-0.05, 0) is 43.5 Å². The molecule has 0 spiro atoms. The van der Waals surface area contributed by atoms with Crippen LogP contribution in [0.25, 0.3) is 0 Å². The Morgan fingerprint density at radius 1 is 1.05 bits per heavy atom. The lowest BCUT2D eigenvalue weighted by molar-refractivity contribution is 0.243. The number of hydrogen-bond acceptors (Lipinski definition) is 4. The SMILES string of the molecule is c1cc(CC2CCCN2Cc2cncnc2)ccn1. The second kappa shape index (κ2) is 5.89. The third kappa shape index (κ3) is 3.15. The maximum atomic E-state index is 4.09. The van der Waals surface area contributed by atoms with Crippen LogP contribution in [0, 0.1) is 0 Å². The summed E-state index contributed by atoms with van der Waals surface area (Å²) < 4.78 is 0. The molecule has 1 atom stereocenters. The molecule has 2 aromatic heterocycles. The van der Waals surface area contributed by atoms with E-state index < -0.39 is 0 Å². The summed E-state index contributed by atoms with van der Waals surface area (Å²) in [7, 11) is 0. The van der Waals surface area contributed by atoms with Gasteiger partial charge in [-0.25, -0.2) is 9.97 Å². The maximum Gasteiger partial charge on any atom is 0.115 e. The second-order valence-corrected chi connectivity index (χ2v) is 5.07. The van der Waals surface area contributed by atoms with Crippen LogP contribution in [0.1, 0.15) is 24.0 Å². The number of nitrogens with zero attached hydrogens (tertiary/aromatic N) is 4. The van der Waals surface area contributed by atoms with Crippen molar-refractivity contribution in [2.24, 2.45) is 0 Å². The van der Waals surface area contributed by atoms with Crippen molar-refractivity contribution in [3.63, 3.8) is 0 Å². The fourth-order valence-electron chi connectivity index (χ4n) is 2.77. The quantitative estimate of drug-likeness (QED) is 0.837. The zero-order chi connectivity index (χ0) is 12.9. The van der Waals surface area contributed by atoms with Gasteiger partial charge in [0, 0.05) is 42.9 Å². The maximum absolute atomic E-state index is 4.09. The number of pyridine rings is 1. The number of hydrogen-bond donors (Lipinski definition) is 0.